The van der Waals surface area contributed by atoms with E-state index in [1.807, 2.05) is 12.1 Å². The Hall–Kier alpha value is -1.31. The lowest BCUT2D eigenvalue weighted by Crippen LogP contribution is -2.30. The molecule has 0 radical (unpaired) electrons. The van der Waals surface area contributed by atoms with Crippen LogP contribution in [0.5, 0.6) is 0 Å². The Balaban J connectivity index is 1.80. The summed E-state index contributed by atoms with van der Waals surface area (Å²) in [5, 5.41) is 9.38. The third-order valence-corrected chi connectivity index (χ3v) is 7.32. The van der Waals surface area contributed by atoms with Gasteiger partial charge in [0, 0.05) is 0 Å². The fourth-order valence-corrected chi connectivity index (χ4v) is 5.92. The Morgan fingerprint density at radius 2 is 1.78 bits per heavy atom. The van der Waals surface area contributed by atoms with E-state index in [0.717, 1.165) is 24.2 Å². The number of aromatic carboxylic acids is 1. The fraction of sp³-hybridized carbons (Fsp3) is 0.720. The molecule has 150 valence electrons. The minimum absolute atomic E-state index is 0.462. The van der Waals surface area contributed by atoms with Gasteiger partial charge in [0.15, 0.2) is 0 Å². The first-order valence-corrected chi connectivity index (χ1v) is 11.5. The van der Waals surface area contributed by atoms with E-state index in [1.54, 1.807) is 0 Å². The molecule has 2 atom stereocenters. The van der Waals surface area contributed by atoms with Gasteiger partial charge < -0.3 is 5.11 Å². The van der Waals surface area contributed by atoms with Gasteiger partial charge >= 0.3 is 5.97 Å². The van der Waals surface area contributed by atoms with Crippen LogP contribution < -0.4 is 0 Å². The molecule has 27 heavy (non-hydrogen) atoms. The Morgan fingerprint density at radius 1 is 1.00 bits per heavy atom. The van der Waals surface area contributed by atoms with Crippen molar-refractivity contribution >= 4 is 5.97 Å². The van der Waals surface area contributed by atoms with Gasteiger partial charge in [0.1, 0.15) is 0 Å². The molecule has 0 amide bonds. The average molecular weight is 371 g/mol. The largest absolute Gasteiger partial charge is 0.478 e. The standard InChI is InChI=1S/C25H38O2/c1-3-5-6-8-19-13-14-21-17-22(25(26)27)15-16-23(21)24(19)20-11-9-18(7-4-2)10-12-20/h15-20,24H,3-14H2,1-2H3,(H,26,27). The van der Waals surface area contributed by atoms with Gasteiger partial charge in [-0.25, -0.2) is 4.79 Å². The highest BCUT2D eigenvalue weighted by Crippen LogP contribution is 2.49. The van der Waals surface area contributed by atoms with E-state index in [1.165, 1.54) is 81.8 Å². The second-order valence-corrected chi connectivity index (χ2v) is 9.11. The molecule has 2 aliphatic carbocycles. The Morgan fingerprint density at radius 3 is 2.44 bits per heavy atom. The van der Waals surface area contributed by atoms with Crippen LogP contribution in [-0.2, 0) is 6.42 Å². The third kappa shape index (κ3) is 4.95. The maximum Gasteiger partial charge on any atom is 0.335 e. The molecule has 2 aliphatic rings. The molecule has 0 spiro atoms. The average Bonchev–Trinajstić information content (AvgIpc) is 2.68. The van der Waals surface area contributed by atoms with Crippen molar-refractivity contribution in [1.82, 2.24) is 0 Å². The number of hydrogen-bond donors (Lipinski definition) is 1. The van der Waals surface area contributed by atoms with Crippen LogP contribution in [0.15, 0.2) is 18.2 Å². The molecule has 1 fully saturated rings. The monoisotopic (exact) mass is 370 g/mol. The molecule has 2 unspecified atom stereocenters. The Labute approximate surface area is 165 Å². The van der Waals surface area contributed by atoms with E-state index in [0.29, 0.717) is 11.5 Å². The van der Waals surface area contributed by atoms with Crippen molar-refractivity contribution in [2.75, 3.05) is 0 Å². The van der Waals surface area contributed by atoms with Crippen molar-refractivity contribution < 1.29 is 9.90 Å². The topological polar surface area (TPSA) is 37.3 Å². The first kappa shape index (κ1) is 20.4. The minimum Gasteiger partial charge on any atom is -0.478 e. The normalized spacial score (nSPS) is 27.9. The van der Waals surface area contributed by atoms with E-state index >= 15 is 0 Å². The molecule has 0 heterocycles. The van der Waals surface area contributed by atoms with Crippen molar-refractivity contribution in [3.8, 4) is 0 Å². The summed E-state index contributed by atoms with van der Waals surface area (Å²) in [6.07, 6.45) is 15.9. The van der Waals surface area contributed by atoms with Gasteiger partial charge in [-0.2, -0.15) is 0 Å². The molecule has 0 bridgehead atoms. The van der Waals surface area contributed by atoms with Crippen molar-refractivity contribution in [3.63, 3.8) is 0 Å². The first-order chi connectivity index (χ1) is 13.1. The number of unbranched alkanes of at least 4 members (excludes halogenated alkanes) is 2. The lowest BCUT2D eigenvalue weighted by Gasteiger charge is -2.42. The van der Waals surface area contributed by atoms with E-state index in [9.17, 15) is 9.90 Å². The molecule has 2 heteroatoms. The number of aryl methyl sites for hydroxylation is 1. The Bertz CT molecular complexity index is 613. The maximum absolute atomic E-state index is 11.4. The molecule has 1 saturated carbocycles. The summed E-state index contributed by atoms with van der Waals surface area (Å²) in [5.74, 6) is 2.42. The molecule has 0 saturated heterocycles. The van der Waals surface area contributed by atoms with Gasteiger partial charge in [0.05, 0.1) is 5.56 Å². The van der Waals surface area contributed by atoms with Crippen LogP contribution in [-0.4, -0.2) is 11.1 Å². The van der Waals surface area contributed by atoms with Gasteiger partial charge in [-0.05, 0) is 79.0 Å². The highest BCUT2D eigenvalue weighted by molar-refractivity contribution is 5.88. The molecular formula is C25H38O2. The molecule has 3 rings (SSSR count). The van der Waals surface area contributed by atoms with Gasteiger partial charge in [0.25, 0.3) is 0 Å². The Kier molecular flexibility index (Phi) is 7.38. The second kappa shape index (κ2) is 9.75. The van der Waals surface area contributed by atoms with Crippen molar-refractivity contribution in [1.29, 1.82) is 0 Å². The van der Waals surface area contributed by atoms with Gasteiger partial charge in [0.2, 0.25) is 0 Å². The van der Waals surface area contributed by atoms with E-state index in [-0.39, 0.29) is 0 Å². The number of hydrogen-bond acceptors (Lipinski definition) is 1. The van der Waals surface area contributed by atoms with Crippen LogP contribution in [0.25, 0.3) is 0 Å². The summed E-state index contributed by atoms with van der Waals surface area (Å²) < 4.78 is 0. The van der Waals surface area contributed by atoms with Crippen molar-refractivity contribution in [2.24, 2.45) is 17.8 Å². The second-order valence-electron chi connectivity index (χ2n) is 9.11. The van der Waals surface area contributed by atoms with Crippen LogP contribution >= 0.6 is 0 Å². The van der Waals surface area contributed by atoms with Crippen molar-refractivity contribution in [2.45, 2.75) is 96.8 Å². The summed E-state index contributed by atoms with van der Waals surface area (Å²) in [5.41, 5.74) is 3.28. The van der Waals surface area contributed by atoms with Crippen molar-refractivity contribution in [3.05, 3.63) is 34.9 Å². The van der Waals surface area contributed by atoms with Gasteiger partial charge in [-0.1, -0.05) is 64.9 Å². The zero-order valence-electron chi connectivity index (χ0n) is 17.4. The number of fused-ring (bicyclic) bond motifs is 1. The summed E-state index contributed by atoms with van der Waals surface area (Å²) >= 11 is 0. The van der Waals surface area contributed by atoms with Crippen LogP contribution in [0.2, 0.25) is 0 Å². The zero-order valence-corrected chi connectivity index (χ0v) is 17.4. The fourth-order valence-electron chi connectivity index (χ4n) is 5.92. The first-order valence-electron chi connectivity index (χ1n) is 11.5. The molecule has 1 N–H and O–H groups in total. The highest BCUT2D eigenvalue weighted by atomic mass is 16.4. The van der Waals surface area contributed by atoms with Gasteiger partial charge in [-0.15, -0.1) is 0 Å². The van der Waals surface area contributed by atoms with Crippen LogP contribution in [0, 0.1) is 17.8 Å². The lowest BCUT2D eigenvalue weighted by atomic mass is 9.63. The predicted molar refractivity (Wildman–Crippen MR) is 112 cm³/mol. The molecule has 1 aromatic rings. The number of benzene rings is 1. The highest BCUT2D eigenvalue weighted by Gasteiger charge is 2.36. The molecule has 0 aromatic heterocycles. The van der Waals surface area contributed by atoms with Gasteiger partial charge in [-0.3, -0.25) is 0 Å². The lowest BCUT2D eigenvalue weighted by molar-refractivity contribution is 0.0696. The van der Waals surface area contributed by atoms with Crippen LogP contribution in [0.3, 0.4) is 0 Å². The smallest absolute Gasteiger partial charge is 0.335 e. The maximum atomic E-state index is 11.4. The number of carboxylic acids is 1. The quantitative estimate of drug-likeness (QED) is 0.490. The molecular weight excluding hydrogens is 332 g/mol. The summed E-state index contributed by atoms with van der Waals surface area (Å²) in [7, 11) is 0. The predicted octanol–water partition coefficient (Wildman–Crippen LogP) is 7.22. The summed E-state index contributed by atoms with van der Waals surface area (Å²) in [6.45, 7) is 4.60. The third-order valence-electron chi connectivity index (χ3n) is 7.32. The number of rotatable bonds is 8. The van der Waals surface area contributed by atoms with Crippen LogP contribution in [0.1, 0.15) is 112 Å². The summed E-state index contributed by atoms with van der Waals surface area (Å²) in [6, 6.07) is 5.99. The van der Waals surface area contributed by atoms with E-state index < -0.39 is 5.97 Å². The molecule has 1 aromatic carbocycles. The minimum atomic E-state index is -0.792. The number of carboxylic acid groups (broad SMARTS) is 1. The molecule has 0 aliphatic heterocycles. The summed E-state index contributed by atoms with van der Waals surface area (Å²) in [4.78, 5) is 11.4. The van der Waals surface area contributed by atoms with E-state index in [4.69, 9.17) is 0 Å². The zero-order chi connectivity index (χ0) is 19.2. The molecule has 2 nitrogen and oxygen atoms in total. The SMILES string of the molecule is CCCCCC1CCc2cc(C(=O)O)ccc2C1C1CCC(CCC)CC1. The van der Waals surface area contributed by atoms with E-state index in [2.05, 4.69) is 19.9 Å². The number of carbonyl (C=O) groups is 1. The van der Waals surface area contributed by atoms with Crippen LogP contribution in [0.4, 0.5) is 0 Å².